The van der Waals surface area contributed by atoms with E-state index in [0.717, 1.165) is 24.8 Å². The molecule has 0 unspecified atom stereocenters. The molecular weight excluding hydrogens is 301 g/mol. The number of halogens is 1. The monoisotopic (exact) mass is 335 g/mol. The molecule has 2 nitrogen and oxygen atoms in total. The summed E-state index contributed by atoms with van der Waals surface area (Å²) in [6.07, 6.45) is 3.64. The Bertz CT molecular complexity index is 511. The van der Waals surface area contributed by atoms with Crippen LogP contribution in [0.1, 0.15) is 72.8 Å². The molecule has 0 fully saturated rings. The molecule has 1 rings (SSSR count). The van der Waals surface area contributed by atoms with Crippen molar-refractivity contribution in [2.24, 2.45) is 16.7 Å². The van der Waals surface area contributed by atoms with Crippen molar-refractivity contribution in [3.05, 3.63) is 35.6 Å². The molecule has 1 aromatic rings. The van der Waals surface area contributed by atoms with Crippen molar-refractivity contribution in [1.29, 1.82) is 0 Å². The highest BCUT2D eigenvalue weighted by Crippen LogP contribution is 2.42. The van der Waals surface area contributed by atoms with Crippen molar-refractivity contribution >= 4 is 5.91 Å². The molecule has 0 atom stereocenters. The first kappa shape index (κ1) is 20.7. The molecule has 0 heterocycles. The highest BCUT2D eigenvalue weighted by Gasteiger charge is 2.33. The highest BCUT2D eigenvalue weighted by molar-refractivity contribution is 5.75. The molecule has 0 saturated heterocycles. The lowest BCUT2D eigenvalue weighted by Gasteiger charge is -2.41. The maximum absolute atomic E-state index is 13.1. The van der Waals surface area contributed by atoms with Crippen LogP contribution in [0.5, 0.6) is 0 Å². The van der Waals surface area contributed by atoms with Crippen LogP contribution in [0.4, 0.5) is 4.39 Å². The third-order valence-electron chi connectivity index (χ3n) is 4.62. The second-order valence-electron chi connectivity index (χ2n) is 8.94. The minimum atomic E-state index is -0.267. The Hall–Kier alpha value is -1.38. The summed E-state index contributed by atoms with van der Waals surface area (Å²) >= 11 is 0. The van der Waals surface area contributed by atoms with Gasteiger partial charge in [-0.25, -0.2) is 4.39 Å². The predicted octanol–water partition coefficient (Wildman–Crippen LogP) is 5.71. The van der Waals surface area contributed by atoms with Crippen molar-refractivity contribution in [2.75, 3.05) is 0 Å². The lowest BCUT2D eigenvalue weighted by Crippen LogP contribution is -2.32. The van der Waals surface area contributed by atoms with E-state index in [2.05, 4.69) is 46.9 Å². The van der Waals surface area contributed by atoms with Gasteiger partial charge < -0.3 is 5.32 Å². The molecule has 0 aromatic heterocycles. The number of unbranched alkanes of at least 4 members (excludes halogenated alkanes) is 1. The highest BCUT2D eigenvalue weighted by atomic mass is 19.1. The number of rotatable bonds is 7. The average Bonchev–Trinajstić information content (AvgIpc) is 2.42. The molecule has 3 heteroatoms. The van der Waals surface area contributed by atoms with Gasteiger partial charge in [0.25, 0.3) is 0 Å². The van der Waals surface area contributed by atoms with E-state index in [9.17, 15) is 9.18 Å². The summed E-state index contributed by atoms with van der Waals surface area (Å²) in [4.78, 5) is 11.9. The fraction of sp³-hybridized carbons (Fsp3) is 0.667. The van der Waals surface area contributed by atoms with Gasteiger partial charge in [0.05, 0.1) is 0 Å². The van der Waals surface area contributed by atoms with Crippen molar-refractivity contribution in [1.82, 2.24) is 5.32 Å². The van der Waals surface area contributed by atoms with E-state index in [1.807, 2.05) is 6.07 Å². The number of nitrogens with one attached hydrogen (secondary N) is 1. The first-order valence-electron chi connectivity index (χ1n) is 9.01. The van der Waals surface area contributed by atoms with Crippen LogP contribution in [0.25, 0.3) is 0 Å². The molecular formula is C21H34FNO. The molecule has 136 valence electrons. The van der Waals surface area contributed by atoms with E-state index in [0.29, 0.717) is 18.9 Å². The SMILES string of the molecule is CC(C)(C)C(CCCCC(=O)NCc1cccc(F)c1)C(C)(C)C. The van der Waals surface area contributed by atoms with Gasteiger partial charge in [0.2, 0.25) is 5.91 Å². The number of carbonyl (C=O) groups excluding carboxylic acids is 1. The molecule has 0 aliphatic carbocycles. The second-order valence-corrected chi connectivity index (χ2v) is 8.94. The molecule has 0 radical (unpaired) electrons. The molecule has 1 N–H and O–H groups in total. The predicted molar refractivity (Wildman–Crippen MR) is 99.1 cm³/mol. The van der Waals surface area contributed by atoms with Gasteiger partial charge in [-0.1, -0.05) is 60.1 Å². The molecule has 0 saturated carbocycles. The van der Waals surface area contributed by atoms with Gasteiger partial charge in [-0.2, -0.15) is 0 Å². The van der Waals surface area contributed by atoms with Gasteiger partial charge in [-0.3, -0.25) is 4.79 Å². The molecule has 0 aliphatic heterocycles. The Morgan fingerprint density at radius 3 is 2.25 bits per heavy atom. The average molecular weight is 336 g/mol. The van der Waals surface area contributed by atoms with E-state index in [-0.39, 0.29) is 22.6 Å². The lowest BCUT2D eigenvalue weighted by atomic mass is 9.65. The Kier molecular flexibility index (Phi) is 7.44. The number of hydrogen-bond donors (Lipinski definition) is 1. The fourth-order valence-corrected chi connectivity index (χ4v) is 3.74. The van der Waals surface area contributed by atoms with Crippen LogP contribution in [-0.4, -0.2) is 5.91 Å². The summed E-state index contributed by atoms with van der Waals surface area (Å²) in [6, 6.07) is 6.35. The molecule has 0 aliphatic rings. The second kappa shape index (κ2) is 8.64. The summed E-state index contributed by atoms with van der Waals surface area (Å²) in [5.74, 6) is 0.403. The Labute approximate surface area is 147 Å². The van der Waals surface area contributed by atoms with Crippen LogP contribution >= 0.6 is 0 Å². The standard InChI is InChI=1S/C21H34FNO/c1-20(2,3)18(21(4,5)6)12-7-8-13-19(24)23-15-16-10-9-11-17(22)14-16/h9-11,14,18H,7-8,12-13,15H2,1-6H3,(H,23,24). The fourth-order valence-electron chi connectivity index (χ4n) is 3.74. The first-order chi connectivity index (χ1) is 11.0. The van der Waals surface area contributed by atoms with Gasteiger partial charge in [0.1, 0.15) is 5.82 Å². The summed E-state index contributed by atoms with van der Waals surface area (Å²) in [6.45, 7) is 14.2. The molecule has 0 bridgehead atoms. The smallest absolute Gasteiger partial charge is 0.220 e. The Morgan fingerprint density at radius 2 is 1.71 bits per heavy atom. The topological polar surface area (TPSA) is 29.1 Å². The van der Waals surface area contributed by atoms with Crippen LogP contribution in [-0.2, 0) is 11.3 Å². The van der Waals surface area contributed by atoms with Crippen molar-refractivity contribution in [3.63, 3.8) is 0 Å². The van der Waals surface area contributed by atoms with E-state index < -0.39 is 0 Å². The summed E-state index contributed by atoms with van der Waals surface area (Å²) in [5.41, 5.74) is 1.35. The van der Waals surface area contributed by atoms with Gasteiger partial charge in [0.15, 0.2) is 0 Å². The Morgan fingerprint density at radius 1 is 1.08 bits per heavy atom. The van der Waals surface area contributed by atoms with E-state index in [1.54, 1.807) is 6.07 Å². The van der Waals surface area contributed by atoms with Crippen LogP contribution in [0.3, 0.4) is 0 Å². The minimum absolute atomic E-state index is 0.0438. The van der Waals surface area contributed by atoms with Crippen LogP contribution in [0, 0.1) is 22.6 Å². The van der Waals surface area contributed by atoms with E-state index in [1.165, 1.54) is 12.1 Å². The van der Waals surface area contributed by atoms with Gasteiger partial charge in [-0.15, -0.1) is 0 Å². The zero-order valence-corrected chi connectivity index (χ0v) is 16.2. The van der Waals surface area contributed by atoms with Crippen molar-refractivity contribution in [3.8, 4) is 0 Å². The zero-order chi connectivity index (χ0) is 18.4. The number of carbonyl (C=O) groups is 1. The van der Waals surface area contributed by atoms with Crippen LogP contribution < -0.4 is 5.32 Å². The Balaban J connectivity index is 2.32. The van der Waals surface area contributed by atoms with Gasteiger partial charge >= 0.3 is 0 Å². The maximum atomic E-state index is 13.1. The number of hydrogen-bond acceptors (Lipinski definition) is 1. The third-order valence-corrected chi connectivity index (χ3v) is 4.62. The molecule has 0 spiro atoms. The number of benzene rings is 1. The van der Waals surface area contributed by atoms with Gasteiger partial charge in [-0.05, 0) is 47.3 Å². The normalized spacial score (nSPS) is 12.5. The third kappa shape index (κ3) is 7.46. The van der Waals surface area contributed by atoms with E-state index >= 15 is 0 Å². The summed E-state index contributed by atoms with van der Waals surface area (Å²) in [5, 5.41) is 2.87. The van der Waals surface area contributed by atoms with E-state index in [4.69, 9.17) is 0 Å². The molecule has 1 amide bonds. The summed E-state index contributed by atoms with van der Waals surface area (Å²) in [7, 11) is 0. The van der Waals surface area contributed by atoms with Crippen molar-refractivity contribution in [2.45, 2.75) is 73.8 Å². The minimum Gasteiger partial charge on any atom is -0.352 e. The van der Waals surface area contributed by atoms with Crippen LogP contribution in [0.15, 0.2) is 24.3 Å². The largest absolute Gasteiger partial charge is 0.352 e. The lowest BCUT2D eigenvalue weighted by molar-refractivity contribution is -0.121. The molecule has 24 heavy (non-hydrogen) atoms. The first-order valence-corrected chi connectivity index (χ1v) is 9.01. The zero-order valence-electron chi connectivity index (χ0n) is 16.2. The maximum Gasteiger partial charge on any atom is 0.220 e. The van der Waals surface area contributed by atoms with Crippen LogP contribution in [0.2, 0.25) is 0 Å². The summed E-state index contributed by atoms with van der Waals surface area (Å²) < 4.78 is 13.1. The quantitative estimate of drug-likeness (QED) is 0.635. The van der Waals surface area contributed by atoms with Gasteiger partial charge in [0, 0.05) is 13.0 Å². The number of amides is 1. The molecule has 1 aromatic carbocycles. The van der Waals surface area contributed by atoms with Crippen molar-refractivity contribution < 1.29 is 9.18 Å².